The number of carbonyl (C=O) groups is 6. The van der Waals surface area contributed by atoms with Crippen molar-refractivity contribution in [1.29, 1.82) is 0 Å². The van der Waals surface area contributed by atoms with E-state index in [2.05, 4.69) is 107 Å². The summed E-state index contributed by atoms with van der Waals surface area (Å²) in [6.07, 6.45) is 8.36. The first-order valence-electron chi connectivity index (χ1n) is 28.5. The van der Waals surface area contributed by atoms with Crippen molar-refractivity contribution in [3.05, 3.63) is 188 Å². The number of nitrogens with zero attached hydrogens (tertiary/aromatic N) is 14. The van der Waals surface area contributed by atoms with E-state index in [9.17, 15) is 33.9 Å². The van der Waals surface area contributed by atoms with Crippen molar-refractivity contribution in [2.24, 2.45) is 5.73 Å². The van der Waals surface area contributed by atoms with Crippen molar-refractivity contribution in [3.63, 3.8) is 0 Å². The average molecular weight is 1380 g/mol. The molecule has 6 aromatic heterocycles. The maximum absolute atomic E-state index is 13.3. The topological polar surface area (TPSA) is 423 Å². The van der Waals surface area contributed by atoms with Crippen LogP contribution in [-0.4, -0.2) is 135 Å². The van der Waals surface area contributed by atoms with Crippen LogP contribution < -0.4 is 32.3 Å². The second-order valence-electron chi connectivity index (χ2n) is 20.3. The number of anilines is 2. The van der Waals surface area contributed by atoms with E-state index >= 15 is 0 Å². The molecule has 10 rings (SSSR count). The van der Waals surface area contributed by atoms with Crippen molar-refractivity contribution in [2.75, 3.05) is 24.9 Å². The summed E-state index contributed by atoms with van der Waals surface area (Å²) in [6, 6.07) is 21.9. The van der Waals surface area contributed by atoms with Gasteiger partial charge in [-0.05, 0) is 119 Å². The van der Waals surface area contributed by atoms with E-state index in [0.717, 1.165) is 28.2 Å². The van der Waals surface area contributed by atoms with Gasteiger partial charge in [-0.1, -0.05) is 70.7 Å². The minimum atomic E-state index is -1.14. The number of ether oxygens (including phenoxy) is 2. The molecule has 0 radical (unpaired) electrons. The maximum atomic E-state index is 13.3. The van der Waals surface area contributed by atoms with Crippen LogP contribution in [0.4, 0.5) is 21.0 Å². The number of tetrazole rings is 2. The monoisotopic (exact) mass is 1370 g/mol. The minimum absolute atomic E-state index is 0.0293. The lowest BCUT2D eigenvalue weighted by atomic mass is 10.1. The highest BCUT2D eigenvalue weighted by Crippen LogP contribution is 2.32. The number of nitrogens with two attached hydrogens (primary N) is 1. The molecule has 10 N–H and O–H groups in total. The number of methoxy groups -OCH3 is 2. The Balaban J connectivity index is 0.000000217. The zero-order chi connectivity index (χ0) is 68.0. The second kappa shape index (κ2) is 34.2. The molecule has 0 unspecified atom stereocenters. The zero-order valence-electron chi connectivity index (χ0n) is 50.9. The summed E-state index contributed by atoms with van der Waals surface area (Å²) in [5.41, 5.74) is 14.2. The number of aliphatic carboxylic acids is 1. The van der Waals surface area contributed by atoms with E-state index in [-0.39, 0.29) is 66.0 Å². The lowest BCUT2D eigenvalue weighted by molar-refractivity contribution is -0.138. The summed E-state index contributed by atoms with van der Waals surface area (Å²) < 4.78 is 12.1. The quantitative estimate of drug-likeness (QED) is 0.0291. The largest absolute Gasteiger partial charge is 0.481 e. The molecule has 4 aromatic carbocycles. The molecule has 0 aliphatic rings. The van der Waals surface area contributed by atoms with Crippen LogP contribution in [0.5, 0.6) is 0 Å². The number of aryl methyl sites for hydroxylation is 4. The van der Waals surface area contributed by atoms with E-state index in [1.54, 1.807) is 110 Å². The summed E-state index contributed by atoms with van der Waals surface area (Å²) in [7, 11) is 2.53. The summed E-state index contributed by atoms with van der Waals surface area (Å²) in [5.74, 6) is -1.79. The lowest BCUT2D eigenvalue weighted by Gasteiger charge is -2.17. The molecule has 0 fully saturated rings. The molecule has 31 nitrogen and oxygen atoms in total. The summed E-state index contributed by atoms with van der Waals surface area (Å²) in [6.45, 7) is 4.33. The number of H-pyrrole nitrogens is 2. The van der Waals surface area contributed by atoms with Crippen LogP contribution in [0, 0.1) is 13.8 Å². The number of aromatic amines is 2. The van der Waals surface area contributed by atoms with E-state index in [0.29, 0.717) is 74.0 Å². The number of nitrogens with one attached hydrogen (secondary N) is 7. The predicted octanol–water partition coefficient (Wildman–Crippen LogP) is 8.18. The standard InChI is InChI=1S/C30H29Cl2N11O4.C24H22Cl2N8O5.C6H9N3/c1-17-13-34-22(14-33-17)15-35-26(45)12-23(29-39-27(28(32)40-29)18-3-7-21(8-4-18)37-30(46)47-2)38-25(44)10-5-19-11-20(31)6-9-24(19)43-16-36-41-42-43;1-39-24(38)28-16-6-2-13(3-7-16)21-22(26)31-23(30-21)17(11-20(36)37)29-19(35)9-4-14-10-15(25)5-8-18(14)34-12-27-32-33-34;1-5-3-9-6(2-7)4-8-5/h3-4,6-9,11,13-14,16,23H,5,10,12,15H2,1-2H3,(H,35,45)(H,37,46)(H,38,44)(H,39,40);2-3,5-8,10,12,17H,4,9,11H2,1H3,(H,28,38)(H,29,35)(H,30,31)(H,36,37);3-4H,2,7H2,1H3/t23-;17-;/m00./s1. The summed E-state index contributed by atoms with van der Waals surface area (Å²) >= 11 is 25.3. The third-order valence-electron chi connectivity index (χ3n) is 13.5. The number of rotatable bonds is 23. The molecule has 492 valence electrons. The normalized spacial score (nSPS) is 11.3. The third kappa shape index (κ3) is 20.8. The highest BCUT2D eigenvalue weighted by atomic mass is 35.5. The molecule has 0 bridgehead atoms. The number of imidazole rings is 2. The molecule has 10 aromatic rings. The highest BCUT2D eigenvalue weighted by molar-refractivity contribution is 6.32. The number of aromatic nitrogens is 16. The van der Waals surface area contributed by atoms with Gasteiger partial charge in [0.05, 0.1) is 86.0 Å². The number of carbonyl (C=O) groups excluding carboxylic acids is 5. The van der Waals surface area contributed by atoms with E-state index < -0.39 is 42.6 Å². The Morgan fingerprint density at radius 1 is 0.579 bits per heavy atom. The Bertz CT molecular complexity index is 4220. The summed E-state index contributed by atoms with van der Waals surface area (Å²) in [4.78, 5) is 105. The molecular formula is C60H60Cl4N22O9. The number of carboxylic acid groups (broad SMARTS) is 1. The van der Waals surface area contributed by atoms with Crippen molar-refractivity contribution in [1.82, 2.24) is 96.2 Å². The van der Waals surface area contributed by atoms with Crippen molar-refractivity contribution in [2.45, 2.75) is 77.5 Å². The molecular weight excluding hydrogens is 1310 g/mol. The fourth-order valence-corrected chi connectivity index (χ4v) is 9.71. The van der Waals surface area contributed by atoms with E-state index in [1.807, 2.05) is 13.8 Å². The van der Waals surface area contributed by atoms with Gasteiger partial charge in [-0.25, -0.2) is 28.9 Å². The number of benzene rings is 4. The first kappa shape index (κ1) is 70.0. The van der Waals surface area contributed by atoms with Crippen LogP contribution in [0.1, 0.15) is 83.3 Å². The molecule has 6 heterocycles. The molecule has 0 saturated carbocycles. The first-order valence-corrected chi connectivity index (χ1v) is 30.0. The second-order valence-corrected chi connectivity index (χ2v) is 22.0. The van der Waals surface area contributed by atoms with Gasteiger partial charge >= 0.3 is 18.2 Å². The third-order valence-corrected chi connectivity index (χ3v) is 14.5. The van der Waals surface area contributed by atoms with Gasteiger partial charge in [0.15, 0.2) is 0 Å². The van der Waals surface area contributed by atoms with Crippen LogP contribution in [-0.2, 0) is 54.6 Å². The Labute approximate surface area is 560 Å². The molecule has 0 saturated heterocycles. The van der Waals surface area contributed by atoms with Gasteiger partial charge in [-0.3, -0.25) is 49.7 Å². The molecule has 0 spiro atoms. The van der Waals surface area contributed by atoms with Crippen molar-refractivity contribution in [3.8, 4) is 33.9 Å². The fourth-order valence-electron chi connectivity index (χ4n) is 8.83. The SMILES string of the molecule is COC(=O)Nc1ccc(-c2nc([C@H](CC(=O)NCc3cnc(C)cn3)NC(=O)CCc3cc(Cl)ccc3-n3cnnn3)[nH]c2Cl)cc1.COC(=O)Nc1ccc(-c2nc([C@H](CC(=O)O)NC(=O)CCc3cc(Cl)ccc3-n3cnnn3)[nH]c2Cl)cc1.Cc1cnc(CN)cn1. The summed E-state index contributed by atoms with van der Waals surface area (Å²) in [5, 5.41) is 46.8. The van der Waals surface area contributed by atoms with Crippen LogP contribution >= 0.6 is 46.4 Å². The van der Waals surface area contributed by atoms with Gasteiger partial charge in [0, 0.05) is 70.5 Å². The van der Waals surface area contributed by atoms with Crippen molar-refractivity contribution >= 4 is 93.7 Å². The Morgan fingerprint density at radius 2 is 1.02 bits per heavy atom. The molecule has 0 aliphatic heterocycles. The van der Waals surface area contributed by atoms with Crippen LogP contribution in [0.25, 0.3) is 33.9 Å². The smallest absolute Gasteiger partial charge is 0.411 e. The fraction of sp³-hybridized carbons (Fsp3) is 0.233. The number of halogens is 4. The minimum Gasteiger partial charge on any atom is -0.481 e. The predicted molar refractivity (Wildman–Crippen MR) is 347 cm³/mol. The number of carboxylic acids is 1. The van der Waals surface area contributed by atoms with Gasteiger partial charge in [0.25, 0.3) is 0 Å². The average Bonchev–Trinajstić information content (AvgIpc) is 1.72. The number of amides is 5. The van der Waals surface area contributed by atoms with Gasteiger partial charge in [0.2, 0.25) is 17.7 Å². The molecule has 95 heavy (non-hydrogen) atoms. The zero-order valence-corrected chi connectivity index (χ0v) is 53.9. The van der Waals surface area contributed by atoms with Gasteiger partial charge in [-0.2, -0.15) is 0 Å². The van der Waals surface area contributed by atoms with E-state index in [1.165, 1.54) is 36.2 Å². The lowest BCUT2D eigenvalue weighted by Crippen LogP contribution is -2.34. The van der Waals surface area contributed by atoms with Gasteiger partial charge < -0.3 is 46.2 Å². The molecule has 5 amide bonds. The van der Waals surface area contributed by atoms with Gasteiger partial charge in [-0.15, -0.1) is 10.2 Å². The van der Waals surface area contributed by atoms with Crippen LogP contribution in [0.15, 0.2) is 122 Å². The Kier molecular flexibility index (Phi) is 25.2. The first-order chi connectivity index (χ1) is 45.7. The van der Waals surface area contributed by atoms with E-state index in [4.69, 9.17) is 52.1 Å². The Hall–Kier alpha value is -10.9. The highest BCUT2D eigenvalue weighted by Gasteiger charge is 2.26. The van der Waals surface area contributed by atoms with Crippen molar-refractivity contribution < 1.29 is 43.3 Å². The van der Waals surface area contributed by atoms with Crippen LogP contribution in [0.2, 0.25) is 20.4 Å². The molecule has 2 atom stereocenters. The van der Waals surface area contributed by atoms with Gasteiger partial charge in [0.1, 0.15) is 46.0 Å². The number of hydrogen-bond acceptors (Lipinski definition) is 21. The maximum Gasteiger partial charge on any atom is 0.411 e. The Morgan fingerprint density at radius 3 is 1.41 bits per heavy atom. The van der Waals surface area contributed by atoms with Crippen LogP contribution in [0.3, 0.4) is 0 Å². The number of hydrogen-bond donors (Lipinski definition) is 9. The molecule has 0 aliphatic carbocycles. The molecule has 35 heteroatoms.